The molecule has 0 aliphatic rings. The maximum absolute atomic E-state index is 11.5. The first-order valence-electron chi connectivity index (χ1n) is 8.05. The molecule has 0 atom stereocenters. The fraction of sp³-hybridized carbons (Fsp3) is 0.444. The van der Waals surface area contributed by atoms with Gasteiger partial charge in [0.25, 0.3) is 5.55 Å². The van der Waals surface area contributed by atoms with Crippen LogP contribution in [0.4, 0.5) is 0 Å². The van der Waals surface area contributed by atoms with Crippen LogP contribution in [-0.2, 0) is 0 Å². The Morgan fingerprint density at radius 1 is 1.25 bits per heavy atom. The van der Waals surface area contributed by atoms with Crippen LogP contribution in [0.25, 0.3) is 11.0 Å². The molecule has 0 unspecified atom stereocenters. The van der Waals surface area contributed by atoms with E-state index in [0.717, 1.165) is 31.2 Å². The molecular weight excluding hydrogens is 308 g/mol. The van der Waals surface area contributed by atoms with E-state index in [9.17, 15) is 4.79 Å². The molecule has 0 saturated carbocycles. The summed E-state index contributed by atoms with van der Waals surface area (Å²) in [7, 11) is 4.14. The Morgan fingerprint density at radius 3 is 2.71 bits per heavy atom. The maximum Gasteiger partial charge on any atom is 0.266 e. The van der Waals surface area contributed by atoms with Gasteiger partial charge in [0.15, 0.2) is 5.78 Å². The molecule has 0 aliphatic carbocycles. The highest BCUT2D eigenvalue weighted by Gasteiger charge is 2.09. The number of unbranched alkanes of at least 4 members (excludes halogenated alkanes) is 2. The van der Waals surface area contributed by atoms with Crippen molar-refractivity contribution < 1.29 is 19.2 Å². The highest BCUT2D eigenvalue weighted by molar-refractivity contribution is 5.96. The van der Waals surface area contributed by atoms with Crippen LogP contribution in [0.1, 0.15) is 36.5 Å². The fourth-order valence-corrected chi connectivity index (χ4v) is 2.41. The van der Waals surface area contributed by atoms with Gasteiger partial charge in [-0.2, -0.15) is 0 Å². The van der Waals surface area contributed by atoms with Crippen molar-refractivity contribution >= 4 is 16.8 Å². The Hall–Kier alpha value is -2.34. The number of carbonyl (C=O) groups is 1. The van der Waals surface area contributed by atoms with Crippen LogP contribution < -0.4 is 10.3 Å². The smallest absolute Gasteiger partial charge is 0.266 e. The lowest BCUT2D eigenvalue weighted by atomic mass is 10.1. The van der Waals surface area contributed by atoms with Crippen molar-refractivity contribution in [2.75, 3.05) is 27.2 Å². The summed E-state index contributed by atoms with van der Waals surface area (Å²) in [6, 6.07) is 7.07. The maximum atomic E-state index is 11.5. The van der Waals surface area contributed by atoms with E-state index >= 15 is 0 Å². The van der Waals surface area contributed by atoms with E-state index in [4.69, 9.17) is 14.4 Å². The quantitative estimate of drug-likeness (QED) is 0.348. The predicted octanol–water partition coefficient (Wildman–Crippen LogP) is 3.04. The minimum Gasteiger partial charge on any atom is -0.493 e. The van der Waals surface area contributed by atoms with Crippen LogP contribution in [-0.4, -0.2) is 43.1 Å². The zero-order valence-corrected chi connectivity index (χ0v) is 14.4. The van der Waals surface area contributed by atoms with Gasteiger partial charge >= 0.3 is 0 Å². The first-order chi connectivity index (χ1) is 11.5. The van der Waals surface area contributed by atoms with E-state index in [2.05, 4.69) is 24.2 Å². The lowest BCUT2D eigenvalue weighted by Gasteiger charge is -2.10. The van der Waals surface area contributed by atoms with Crippen LogP contribution in [0.5, 0.6) is 5.75 Å². The summed E-state index contributed by atoms with van der Waals surface area (Å²) in [6.45, 7) is 3.13. The average Bonchev–Trinajstić information content (AvgIpc) is 2.56. The van der Waals surface area contributed by atoms with Crippen molar-refractivity contribution in [3.8, 4) is 5.75 Å². The second-order valence-corrected chi connectivity index (χ2v) is 6.03. The lowest BCUT2D eigenvalue weighted by molar-refractivity contribution is 0.101. The third-order valence-corrected chi connectivity index (χ3v) is 3.71. The molecule has 130 valence electrons. The molecule has 0 spiro atoms. The van der Waals surface area contributed by atoms with E-state index < -0.39 is 0 Å². The third kappa shape index (κ3) is 4.83. The Labute approximate surface area is 141 Å². The van der Waals surface area contributed by atoms with Crippen LogP contribution in [0.15, 0.2) is 33.8 Å². The molecule has 0 amide bonds. The number of ketones is 1. The molecule has 0 saturated heterocycles. The normalized spacial score (nSPS) is 12.1. The number of Topliss-reactive ketones (excluding diaryl/α,β-unsaturated/α-hetero) is 1. The van der Waals surface area contributed by atoms with E-state index in [1.807, 2.05) is 12.1 Å². The van der Waals surface area contributed by atoms with Gasteiger partial charge in [-0.15, -0.1) is 0 Å². The first kappa shape index (κ1) is 18.0. The van der Waals surface area contributed by atoms with E-state index in [1.54, 1.807) is 12.1 Å². The van der Waals surface area contributed by atoms with Crippen LogP contribution >= 0.6 is 0 Å². The number of hydrogen-bond acceptors (Lipinski definition) is 6. The minimum atomic E-state index is -0.216. The van der Waals surface area contributed by atoms with Crippen LogP contribution in [0, 0.1) is 0 Å². The summed E-state index contributed by atoms with van der Waals surface area (Å²) in [5.74, 6) is 0.477. The number of carbonyl (C=O) groups excluding carboxylic acids is 1. The van der Waals surface area contributed by atoms with Gasteiger partial charge in [0, 0.05) is 11.5 Å². The number of fused-ring (bicyclic) bond motifs is 1. The van der Waals surface area contributed by atoms with Crippen molar-refractivity contribution in [2.45, 2.75) is 26.2 Å². The molecule has 24 heavy (non-hydrogen) atoms. The van der Waals surface area contributed by atoms with E-state index in [-0.39, 0.29) is 16.9 Å². The largest absolute Gasteiger partial charge is 0.493 e. The summed E-state index contributed by atoms with van der Waals surface area (Å²) < 4.78 is 11.2. The second-order valence-electron chi connectivity index (χ2n) is 6.03. The monoisotopic (exact) mass is 332 g/mol. The predicted molar refractivity (Wildman–Crippen MR) is 91.5 cm³/mol. The third-order valence-electron chi connectivity index (χ3n) is 3.71. The Kier molecular flexibility index (Phi) is 6.37. The standard InChI is InChI=1S/C18H24N2O4/c1-13(21)16-11-14-7-8-15(12-17(14)24-18(16)19-22)23-10-6-4-5-9-20(2)3/h7-8,11-12,22H,4-6,9-10H2,1-3H3. The molecule has 2 aromatic rings. The summed E-state index contributed by atoms with van der Waals surface area (Å²) in [4.78, 5) is 13.7. The van der Waals surface area contributed by atoms with Crippen molar-refractivity contribution in [1.82, 2.24) is 4.90 Å². The van der Waals surface area contributed by atoms with Gasteiger partial charge < -0.3 is 19.3 Å². The highest BCUT2D eigenvalue weighted by atomic mass is 16.5. The first-order valence-corrected chi connectivity index (χ1v) is 8.05. The molecule has 6 heteroatoms. The molecule has 1 heterocycles. The molecule has 0 aliphatic heterocycles. The fourth-order valence-electron chi connectivity index (χ4n) is 2.41. The summed E-state index contributed by atoms with van der Waals surface area (Å²) >= 11 is 0. The summed E-state index contributed by atoms with van der Waals surface area (Å²) in [5.41, 5.74) is 0.674. The number of ether oxygens (including phenoxy) is 1. The Bertz CT molecular complexity index is 765. The zero-order valence-electron chi connectivity index (χ0n) is 14.4. The van der Waals surface area contributed by atoms with Crippen molar-refractivity contribution in [3.05, 3.63) is 35.4 Å². The highest BCUT2D eigenvalue weighted by Crippen LogP contribution is 2.21. The molecule has 1 N–H and O–H groups in total. The van der Waals surface area contributed by atoms with Crippen molar-refractivity contribution in [3.63, 3.8) is 0 Å². The van der Waals surface area contributed by atoms with Crippen LogP contribution in [0.3, 0.4) is 0 Å². The second kappa shape index (κ2) is 8.49. The molecule has 0 fully saturated rings. The molecule has 6 nitrogen and oxygen atoms in total. The number of nitrogens with zero attached hydrogens (tertiary/aromatic N) is 2. The van der Waals surface area contributed by atoms with Gasteiger partial charge in [-0.3, -0.25) is 4.79 Å². The van der Waals surface area contributed by atoms with Crippen molar-refractivity contribution in [2.24, 2.45) is 5.16 Å². The summed E-state index contributed by atoms with van der Waals surface area (Å²) in [6.07, 6.45) is 3.26. The van der Waals surface area contributed by atoms with E-state index in [0.29, 0.717) is 17.9 Å². The van der Waals surface area contributed by atoms with Gasteiger partial charge in [0.2, 0.25) is 0 Å². The van der Waals surface area contributed by atoms with E-state index in [1.165, 1.54) is 6.92 Å². The topological polar surface area (TPSA) is 75.3 Å². The minimum absolute atomic E-state index is 0.0872. The molecule has 0 radical (unpaired) electrons. The molecule has 0 bridgehead atoms. The van der Waals surface area contributed by atoms with Gasteiger partial charge in [-0.25, -0.2) is 0 Å². The Morgan fingerprint density at radius 2 is 2.04 bits per heavy atom. The SMILES string of the molecule is CC(=O)c1cc2ccc(OCCCCCN(C)C)cc2oc1=NO. The van der Waals surface area contributed by atoms with Crippen molar-refractivity contribution in [1.29, 1.82) is 0 Å². The Balaban J connectivity index is 2.03. The number of rotatable bonds is 8. The molecule has 2 rings (SSSR count). The van der Waals surface area contributed by atoms with Gasteiger partial charge in [-0.1, -0.05) is 0 Å². The molecule has 1 aromatic carbocycles. The summed E-state index contributed by atoms with van der Waals surface area (Å²) in [5, 5.41) is 12.8. The zero-order chi connectivity index (χ0) is 17.5. The molecular formula is C18H24N2O4. The van der Waals surface area contributed by atoms with Crippen LogP contribution in [0.2, 0.25) is 0 Å². The number of benzene rings is 1. The van der Waals surface area contributed by atoms with Gasteiger partial charge in [0.1, 0.15) is 11.3 Å². The van der Waals surface area contributed by atoms with Gasteiger partial charge in [-0.05, 0) is 70.2 Å². The lowest BCUT2D eigenvalue weighted by Crippen LogP contribution is -2.13. The number of hydrogen-bond donors (Lipinski definition) is 1. The van der Waals surface area contributed by atoms with Gasteiger partial charge in [0.05, 0.1) is 12.2 Å². The molecule has 1 aromatic heterocycles. The average molecular weight is 332 g/mol.